The van der Waals surface area contributed by atoms with Gasteiger partial charge in [0.15, 0.2) is 9.84 Å². The fourth-order valence-electron chi connectivity index (χ4n) is 0.901. The van der Waals surface area contributed by atoms with Crippen molar-refractivity contribution in [1.29, 1.82) is 0 Å². The third-order valence-electron chi connectivity index (χ3n) is 1.54. The Balaban J connectivity index is 3.00. The van der Waals surface area contributed by atoms with Gasteiger partial charge in [0.25, 0.3) is 0 Å². The largest absolute Gasteiger partial charge is 0.399 e. The quantitative estimate of drug-likeness (QED) is 0.654. The summed E-state index contributed by atoms with van der Waals surface area (Å²) < 4.78 is 22.1. The molecule has 2 N–H and O–H groups in total. The van der Waals surface area contributed by atoms with Crippen LogP contribution in [-0.4, -0.2) is 14.7 Å². The summed E-state index contributed by atoms with van der Waals surface area (Å²) in [6.45, 7) is 0. The normalized spacial score (nSPS) is 18.1. The number of allylic oxidation sites excluding steroid dienone is 4. The Morgan fingerprint density at radius 2 is 2.00 bits per heavy atom. The molecule has 1 aliphatic carbocycles. The lowest BCUT2D eigenvalue weighted by Crippen LogP contribution is -1.98. The van der Waals surface area contributed by atoms with E-state index in [-0.39, 0.29) is 0 Å². The highest BCUT2D eigenvalue weighted by Gasteiger charge is 2.07. The molecule has 0 unspecified atom stereocenters. The van der Waals surface area contributed by atoms with Gasteiger partial charge < -0.3 is 5.73 Å². The maximum absolute atomic E-state index is 11.1. The summed E-state index contributed by atoms with van der Waals surface area (Å²) in [5, 5.41) is 0. The van der Waals surface area contributed by atoms with E-state index in [0.29, 0.717) is 17.0 Å². The van der Waals surface area contributed by atoms with E-state index in [2.05, 4.69) is 0 Å². The van der Waals surface area contributed by atoms with E-state index in [1.54, 1.807) is 18.2 Å². The summed E-state index contributed by atoms with van der Waals surface area (Å²) in [6.07, 6.45) is 8.29. The van der Waals surface area contributed by atoms with Crippen LogP contribution < -0.4 is 5.73 Å². The van der Waals surface area contributed by atoms with Gasteiger partial charge >= 0.3 is 0 Å². The molecule has 0 amide bonds. The van der Waals surface area contributed by atoms with Crippen LogP contribution in [0.15, 0.2) is 34.9 Å². The Morgan fingerprint density at radius 3 is 2.58 bits per heavy atom. The van der Waals surface area contributed by atoms with Crippen LogP contribution >= 0.6 is 0 Å². The van der Waals surface area contributed by atoms with Gasteiger partial charge in [0.1, 0.15) is 0 Å². The fraction of sp³-hybridized carbons (Fsp3) is 0.250. The molecule has 0 aromatic rings. The number of hydrogen-bond acceptors (Lipinski definition) is 3. The zero-order valence-electron chi connectivity index (χ0n) is 6.82. The Kier molecular flexibility index (Phi) is 2.38. The molecule has 3 nitrogen and oxygen atoms in total. The molecule has 0 aliphatic heterocycles. The molecule has 0 saturated heterocycles. The number of sulfone groups is 1. The molecule has 0 fully saturated rings. The van der Waals surface area contributed by atoms with Crippen molar-refractivity contribution in [2.75, 3.05) is 6.26 Å². The summed E-state index contributed by atoms with van der Waals surface area (Å²) >= 11 is 0. The van der Waals surface area contributed by atoms with Crippen LogP contribution in [0.5, 0.6) is 0 Å². The highest BCUT2D eigenvalue weighted by molar-refractivity contribution is 7.94. The van der Waals surface area contributed by atoms with Crippen molar-refractivity contribution in [1.82, 2.24) is 0 Å². The van der Waals surface area contributed by atoms with Crippen molar-refractivity contribution < 1.29 is 8.42 Å². The molecule has 0 aromatic heterocycles. The predicted molar refractivity (Wildman–Crippen MR) is 49.0 cm³/mol. The van der Waals surface area contributed by atoms with E-state index < -0.39 is 9.84 Å². The first-order valence-corrected chi connectivity index (χ1v) is 5.43. The summed E-state index contributed by atoms with van der Waals surface area (Å²) in [5.41, 5.74) is 6.09. The van der Waals surface area contributed by atoms with Crippen LogP contribution in [0.3, 0.4) is 0 Å². The highest BCUT2D eigenvalue weighted by Crippen LogP contribution is 2.12. The number of hydrogen-bond donors (Lipinski definition) is 1. The van der Waals surface area contributed by atoms with Crippen molar-refractivity contribution in [3.63, 3.8) is 0 Å². The first-order chi connectivity index (χ1) is 5.50. The van der Waals surface area contributed by atoms with Gasteiger partial charge in [-0.15, -0.1) is 0 Å². The Bertz CT molecular complexity index is 361. The maximum Gasteiger partial charge on any atom is 0.175 e. The number of nitrogens with two attached hydrogens (primary N) is 1. The van der Waals surface area contributed by atoms with Crippen molar-refractivity contribution in [3.8, 4) is 0 Å². The van der Waals surface area contributed by atoms with Gasteiger partial charge in [0.2, 0.25) is 0 Å². The first-order valence-electron chi connectivity index (χ1n) is 3.54. The molecular weight excluding hydrogens is 174 g/mol. The van der Waals surface area contributed by atoms with Crippen molar-refractivity contribution >= 4 is 9.84 Å². The monoisotopic (exact) mass is 185 g/mol. The van der Waals surface area contributed by atoms with Gasteiger partial charge in [-0.05, 0) is 18.6 Å². The predicted octanol–water partition coefficient (Wildman–Crippen LogP) is 0.717. The highest BCUT2D eigenvalue weighted by atomic mass is 32.2. The molecule has 0 aromatic carbocycles. The van der Waals surface area contributed by atoms with Gasteiger partial charge in [0.05, 0.1) is 4.91 Å². The molecule has 0 spiro atoms. The minimum atomic E-state index is -3.09. The lowest BCUT2D eigenvalue weighted by Gasteiger charge is -1.95. The van der Waals surface area contributed by atoms with E-state index in [4.69, 9.17) is 5.73 Å². The third-order valence-corrected chi connectivity index (χ3v) is 2.70. The second-order valence-electron chi connectivity index (χ2n) is 2.65. The van der Waals surface area contributed by atoms with Gasteiger partial charge in [-0.25, -0.2) is 8.42 Å². The lowest BCUT2D eigenvalue weighted by molar-refractivity contribution is 0.608. The van der Waals surface area contributed by atoms with Crippen LogP contribution in [0, 0.1) is 0 Å². The topological polar surface area (TPSA) is 60.2 Å². The second-order valence-corrected chi connectivity index (χ2v) is 4.67. The summed E-state index contributed by atoms with van der Waals surface area (Å²) in [6, 6.07) is 0. The minimum Gasteiger partial charge on any atom is -0.399 e. The van der Waals surface area contributed by atoms with E-state index in [9.17, 15) is 8.42 Å². The van der Waals surface area contributed by atoms with E-state index in [1.807, 2.05) is 0 Å². The second kappa shape index (κ2) is 3.15. The molecule has 1 aliphatic rings. The smallest absolute Gasteiger partial charge is 0.175 e. The molecule has 0 radical (unpaired) electrons. The van der Waals surface area contributed by atoms with Crippen LogP contribution in [0.2, 0.25) is 0 Å². The molecule has 0 bridgehead atoms. The van der Waals surface area contributed by atoms with Crippen molar-refractivity contribution in [2.45, 2.75) is 6.42 Å². The molecule has 66 valence electrons. The van der Waals surface area contributed by atoms with Crippen LogP contribution in [-0.2, 0) is 9.84 Å². The van der Waals surface area contributed by atoms with E-state index in [0.717, 1.165) is 0 Å². The molecule has 0 heterocycles. The number of rotatable bonds is 1. The standard InChI is InChI=1S/C8H11NO2S/c1-12(10,11)8-4-2-3-7(9)5-6-8/h3-6H,2,9H2,1H3. The van der Waals surface area contributed by atoms with Crippen molar-refractivity contribution in [3.05, 3.63) is 34.9 Å². The lowest BCUT2D eigenvalue weighted by atomic mass is 10.3. The third kappa shape index (κ3) is 2.23. The zero-order valence-corrected chi connectivity index (χ0v) is 7.64. The van der Waals surface area contributed by atoms with Crippen LogP contribution in [0.1, 0.15) is 6.42 Å². The summed E-state index contributed by atoms with van der Waals surface area (Å²) in [7, 11) is -3.09. The van der Waals surface area contributed by atoms with Crippen LogP contribution in [0.25, 0.3) is 0 Å². The molecule has 1 rings (SSSR count). The fourth-order valence-corrected chi connectivity index (χ4v) is 1.61. The maximum atomic E-state index is 11.1. The van der Waals surface area contributed by atoms with Gasteiger partial charge in [-0.1, -0.05) is 12.2 Å². The summed E-state index contributed by atoms with van der Waals surface area (Å²) in [4.78, 5) is 0.333. The van der Waals surface area contributed by atoms with Gasteiger partial charge in [0, 0.05) is 12.0 Å². The first kappa shape index (κ1) is 9.06. The SMILES string of the molecule is CS(=O)(=O)C1=CCC=C(N)C=C1. The molecule has 0 atom stereocenters. The molecule has 0 saturated carbocycles. The van der Waals surface area contributed by atoms with E-state index >= 15 is 0 Å². The summed E-state index contributed by atoms with van der Waals surface area (Å²) in [5.74, 6) is 0. The molecule has 12 heavy (non-hydrogen) atoms. The van der Waals surface area contributed by atoms with Crippen LogP contribution in [0.4, 0.5) is 0 Å². The minimum absolute atomic E-state index is 0.333. The van der Waals surface area contributed by atoms with E-state index in [1.165, 1.54) is 12.3 Å². The van der Waals surface area contributed by atoms with Crippen molar-refractivity contribution in [2.24, 2.45) is 5.73 Å². The van der Waals surface area contributed by atoms with Gasteiger partial charge in [-0.2, -0.15) is 0 Å². The molecular formula is C8H11NO2S. The Morgan fingerprint density at radius 1 is 1.33 bits per heavy atom. The average Bonchev–Trinajstić information content (AvgIpc) is 2.11. The average molecular weight is 185 g/mol. The Hall–Kier alpha value is -1.03. The zero-order chi connectivity index (χ0) is 9.19. The Labute approximate surface area is 72.2 Å². The van der Waals surface area contributed by atoms with Gasteiger partial charge in [-0.3, -0.25) is 0 Å². The molecule has 4 heteroatoms.